The van der Waals surface area contributed by atoms with Gasteiger partial charge in [0.2, 0.25) is 0 Å². The number of aromatic nitrogens is 1. The Bertz CT molecular complexity index is 494. The molecule has 0 radical (unpaired) electrons. The van der Waals surface area contributed by atoms with E-state index < -0.39 is 11.6 Å². The van der Waals surface area contributed by atoms with Gasteiger partial charge in [0.15, 0.2) is 0 Å². The summed E-state index contributed by atoms with van der Waals surface area (Å²) in [6.45, 7) is 2.26. The van der Waals surface area contributed by atoms with Gasteiger partial charge < -0.3 is 9.64 Å². The maximum atomic E-state index is 13.2. The van der Waals surface area contributed by atoms with Crippen molar-refractivity contribution in [2.24, 2.45) is 11.3 Å². The molecule has 3 rings (SSSR count). The zero-order valence-electron chi connectivity index (χ0n) is 13.2. The van der Waals surface area contributed by atoms with Gasteiger partial charge in [0.05, 0.1) is 18.2 Å². The largest absolute Gasteiger partial charge is 0.492 e. The van der Waals surface area contributed by atoms with Crippen LogP contribution in [-0.2, 0) is 0 Å². The van der Waals surface area contributed by atoms with Crippen LogP contribution in [-0.4, -0.2) is 42.3 Å². The Hall–Kier alpha value is -1.30. The molecule has 3 nitrogen and oxygen atoms in total. The van der Waals surface area contributed by atoms with E-state index in [0.29, 0.717) is 31.8 Å². The molecule has 1 saturated heterocycles. The van der Waals surface area contributed by atoms with E-state index >= 15 is 0 Å². The predicted octanol–water partition coefficient (Wildman–Crippen LogP) is 3.91. The van der Waals surface area contributed by atoms with Crippen LogP contribution in [0, 0.1) is 11.3 Å². The van der Waals surface area contributed by atoms with Crippen LogP contribution in [0.3, 0.4) is 0 Å². The van der Waals surface area contributed by atoms with E-state index in [1.807, 2.05) is 17.0 Å². The van der Waals surface area contributed by atoms with Crippen LogP contribution in [0.15, 0.2) is 24.5 Å². The van der Waals surface area contributed by atoms with Crippen molar-refractivity contribution in [1.29, 1.82) is 0 Å². The van der Waals surface area contributed by atoms with Gasteiger partial charge in [0.1, 0.15) is 5.75 Å². The molecule has 0 unspecified atom stereocenters. The van der Waals surface area contributed by atoms with Crippen molar-refractivity contribution < 1.29 is 17.9 Å². The molecule has 2 aliphatic rings. The molecule has 2 fully saturated rings. The molecular formula is C17H23F3N2O. The Balaban J connectivity index is 1.44. The molecular weight excluding hydrogens is 305 g/mol. The molecule has 1 aliphatic carbocycles. The number of halogens is 3. The number of likely N-dealkylation sites (tertiary alicyclic amines) is 1. The summed E-state index contributed by atoms with van der Waals surface area (Å²) in [7, 11) is 0. The first-order chi connectivity index (χ1) is 11.0. The van der Waals surface area contributed by atoms with E-state index in [2.05, 4.69) is 4.98 Å². The van der Waals surface area contributed by atoms with Crippen LogP contribution >= 0.6 is 0 Å². The summed E-state index contributed by atoms with van der Waals surface area (Å²) >= 11 is 0. The van der Waals surface area contributed by atoms with E-state index in [9.17, 15) is 13.2 Å². The van der Waals surface area contributed by atoms with Crippen LogP contribution in [0.4, 0.5) is 13.2 Å². The lowest BCUT2D eigenvalue weighted by Gasteiger charge is -2.47. The van der Waals surface area contributed by atoms with Gasteiger partial charge in [-0.3, -0.25) is 4.98 Å². The second-order valence-electron chi connectivity index (χ2n) is 6.85. The molecule has 0 atom stereocenters. The maximum Gasteiger partial charge on any atom is 0.395 e. The Kier molecular flexibility index (Phi) is 4.80. The second-order valence-corrected chi connectivity index (χ2v) is 6.85. The third kappa shape index (κ3) is 3.79. The second kappa shape index (κ2) is 6.67. The Morgan fingerprint density at radius 2 is 2.00 bits per heavy atom. The molecule has 1 aromatic rings. The first-order valence-corrected chi connectivity index (χ1v) is 8.30. The summed E-state index contributed by atoms with van der Waals surface area (Å²) in [4.78, 5) is 5.99. The van der Waals surface area contributed by atoms with Crippen LogP contribution in [0.25, 0.3) is 0 Å². The highest BCUT2D eigenvalue weighted by Gasteiger charge is 2.58. The zero-order valence-corrected chi connectivity index (χ0v) is 13.2. The smallest absolute Gasteiger partial charge is 0.395 e. The van der Waals surface area contributed by atoms with E-state index in [0.717, 1.165) is 31.7 Å². The Labute approximate surface area is 134 Å². The standard InChI is InChI=1S/C17H23F3N2O/c18-17(19,20)16(6-2-7-16)13-22-9-4-14(5-10-22)12-23-15-3-1-8-21-11-15/h1,3,8,11,14H,2,4-7,9-10,12-13H2. The molecule has 0 N–H and O–H groups in total. The minimum absolute atomic E-state index is 0.173. The highest BCUT2D eigenvalue weighted by Crippen LogP contribution is 2.53. The Morgan fingerprint density at radius 3 is 2.52 bits per heavy atom. The number of ether oxygens (including phenoxy) is 1. The van der Waals surface area contributed by atoms with Crippen molar-refractivity contribution in [2.45, 2.75) is 38.3 Å². The molecule has 6 heteroatoms. The van der Waals surface area contributed by atoms with E-state index in [4.69, 9.17) is 4.74 Å². The van der Waals surface area contributed by atoms with Crippen molar-refractivity contribution in [3.63, 3.8) is 0 Å². The van der Waals surface area contributed by atoms with E-state index in [1.54, 1.807) is 12.4 Å². The first-order valence-electron chi connectivity index (χ1n) is 8.30. The molecule has 1 saturated carbocycles. The number of hydrogen-bond acceptors (Lipinski definition) is 3. The summed E-state index contributed by atoms with van der Waals surface area (Å²) in [5.74, 6) is 1.16. The monoisotopic (exact) mass is 328 g/mol. The first kappa shape index (κ1) is 16.6. The van der Waals surface area contributed by atoms with Crippen molar-refractivity contribution in [3.05, 3.63) is 24.5 Å². The maximum absolute atomic E-state index is 13.2. The van der Waals surface area contributed by atoms with Gasteiger partial charge >= 0.3 is 6.18 Å². The van der Waals surface area contributed by atoms with Gasteiger partial charge in [0, 0.05) is 12.7 Å². The lowest BCUT2D eigenvalue weighted by atomic mass is 9.67. The molecule has 1 aromatic heterocycles. The van der Waals surface area contributed by atoms with Crippen LogP contribution in [0.1, 0.15) is 32.1 Å². The number of nitrogens with zero attached hydrogens (tertiary/aromatic N) is 2. The fourth-order valence-corrected chi connectivity index (χ4v) is 3.52. The minimum atomic E-state index is -4.06. The highest BCUT2D eigenvalue weighted by atomic mass is 19.4. The topological polar surface area (TPSA) is 25.4 Å². The van der Waals surface area contributed by atoms with Crippen molar-refractivity contribution >= 4 is 0 Å². The van der Waals surface area contributed by atoms with E-state index in [1.165, 1.54) is 0 Å². The lowest BCUT2D eigenvalue weighted by molar-refractivity contribution is -0.256. The predicted molar refractivity (Wildman–Crippen MR) is 81.2 cm³/mol. The van der Waals surface area contributed by atoms with Gasteiger partial charge in [-0.25, -0.2) is 0 Å². The van der Waals surface area contributed by atoms with Crippen molar-refractivity contribution in [1.82, 2.24) is 9.88 Å². The van der Waals surface area contributed by atoms with Gasteiger partial charge in [-0.2, -0.15) is 13.2 Å². The zero-order chi connectivity index (χ0) is 16.3. The van der Waals surface area contributed by atoms with Crippen LogP contribution in [0.2, 0.25) is 0 Å². The van der Waals surface area contributed by atoms with Crippen LogP contribution < -0.4 is 4.74 Å². The number of piperidine rings is 1. The number of rotatable bonds is 5. The summed E-state index contributed by atoms with van der Waals surface area (Å²) in [5, 5.41) is 0. The number of hydrogen-bond donors (Lipinski definition) is 0. The summed E-state index contributed by atoms with van der Waals surface area (Å²) in [5.41, 5.74) is -1.44. The highest BCUT2D eigenvalue weighted by molar-refractivity contribution is 5.15. The van der Waals surface area contributed by atoms with Crippen molar-refractivity contribution in [3.8, 4) is 5.75 Å². The molecule has 0 spiro atoms. The normalized spacial score (nSPS) is 22.6. The average Bonchev–Trinajstić information content (AvgIpc) is 2.50. The third-order valence-corrected chi connectivity index (χ3v) is 5.27. The average molecular weight is 328 g/mol. The molecule has 0 bridgehead atoms. The fourth-order valence-electron chi connectivity index (χ4n) is 3.52. The molecule has 0 aromatic carbocycles. The quantitative estimate of drug-likeness (QED) is 0.819. The van der Waals surface area contributed by atoms with E-state index in [-0.39, 0.29) is 6.54 Å². The number of pyridine rings is 1. The van der Waals surface area contributed by atoms with Gasteiger partial charge in [-0.15, -0.1) is 0 Å². The fraction of sp³-hybridized carbons (Fsp3) is 0.706. The Morgan fingerprint density at radius 1 is 1.26 bits per heavy atom. The summed E-state index contributed by atoms with van der Waals surface area (Å²) in [6.07, 6.45) is 2.39. The van der Waals surface area contributed by atoms with Crippen LogP contribution in [0.5, 0.6) is 5.75 Å². The number of alkyl halides is 3. The molecule has 2 heterocycles. The summed E-state index contributed by atoms with van der Waals surface area (Å²) in [6, 6.07) is 3.69. The van der Waals surface area contributed by atoms with Gasteiger partial charge in [-0.05, 0) is 56.8 Å². The SMILES string of the molecule is FC(F)(F)C1(CN2CCC(COc3cccnc3)CC2)CCC1. The lowest BCUT2D eigenvalue weighted by Crippen LogP contribution is -2.53. The van der Waals surface area contributed by atoms with Gasteiger partial charge in [0.25, 0.3) is 0 Å². The van der Waals surface area contributed by atoms with Gasteiger partial charge in [-0.1, -0.05) is 6.42 Å². The third-order valence-electron chi connectivity index (χ3n) is 5.27. The minimum Gasteiger partial charge on any atom is -0.492 e. The summed E-state index contributed by atoms with van der Waals surface area (Å²) < 4.78 is 45.4. The molecule has 0 amide bonds. The molecule has 1 aliphatic heterocycles. The molecule has 128 valence electrons. The van der Waals surface area contributed by atoms with Crippen molar-refractivity contribution in [2.75, 3.05) is 26.2 Å². The molecule has 23 heavy (non-hydrogen) atoms.